The number of unbranched alkanes of at least 4 members (excludes halogenated alkanes) is 2. The standard InChI is InChI=1S/C6H12O3.C5H8O2.C2H2O2/c1-7-5-3-4-6(8-2)9-5;6-4-2-1-3-5-7;3-1-2-4/h5-6H,3-4H2,1-2H3;4-5H,1-3H2;1-2H. The number of carbonyl (C=O) groups excluding carboxylic acids is 4. The molecule has 0 aliphatic carbocycles. The minimum atomic E-state index is -0.0463. The van der Waals surface area contributed by atoms with Gasteiger partial charge in [-0.15, -0.1) is 0 Å². The van der Waals surface area contributed by atoms with Crippen LogP contribution in [0.3, 0.4) is 0 Å². The second-order valence-corrected chi connectivity index (χ2v) is 3.58. The van der Waals surface area contributed by atoms with Crippen molar-refractivity contribution in [1.29, 1.82) is 0 Å². The van der Waals surface area contributed by atoms with Gasteiger partial charge in [-0.05, 0) is 6.42 Å². The summed E-state index contributed by atoms with van der Waals surface area (Å²) in [5.74, 6) is 0. The van der Waals surface area contributed by atoms with Gasteiger partial charge in [0.1, 0.15) is 12.6 Å². The summed E-state index contributed by atoms with van der Waals surface area (Å²) in [6, 6.07) is 0. The Balaban J connectivity index is 0. The third kappa shape index (κ3) is 14.6. The quantitative estimate of drug-likeness (QED) is 0.386. The molecule has 0 spiro atoms. The van der Waals surface area contributed by atoms with E-state index in [4.69, 9.17) is 23.8 Å². The molecule has 0 aromatic carbocycles. The van der Waals surface area contributed by atoms with Crippen molar-refractivity contribution >= 4 is 25.1 Å². The third-order valence-electron chi connectivity index (χ3n) is 2.17. The number of hydrogen-bond acceptors (Lipinski definition) is 7. The van der Waals surface area contributed by atoms with Crippen molar-refractivity contribution in [3.05, 3.63) is 0 Å². The molecule has 116 valence electrons. The minimum absolute atomic E-state index is 0.0463. The lowest BCUT2D eigenvalue weighted by Gasteiger charge is -2.09. The van der Waals surface area contributed by atoms with Crippen LogP contribution in [0.2, 0.25) is 0 Å². The van der Waals surface area contributed by atoms with Gasteiger partial charge in [-0.2, -0.15) is 0 Å². The van der Waals surface area contributed by atoms with E-state index in [-0.39, 0.29) is 25.2 Å². The summed E-state index contributed by atoms with van der Waals surface area (Å²) in [5.41, 5.74) is 0. The van der Waals surface area contributed by atoms with E-state index in [9.17, 15) is 9.59 Å². The van der Waals surface area contributed by atoms with Crippen molar-refractivity contribution in [2.75, 3.05) is 14.2 Å². The number of aldehydes is 4. The molecular weight excluding hydrogens is 268 g/mol. The highest BCUT2D eigenvalue weighted by atomic mass is 16.8. The molecule has 2 unspecified atom stereocenters. The van der Waals surface area contributed by atoms with Gasteiger partial charge in [0.05, 0.1) is 0 Å². The molecule has 7 heteroatoms. The van der Waals surface area contributed by atoms with Crippen molar-refractivity contribution in [2.24, 2.45) is 0 Å². The van der Waals surface area contributed by atoms with E-state index < -0.39 is 0 Å². The second kappa shape index (κ2) is 17.6. The van der Waals surface area contributed by atoms with Gasteiger partial charge in [0.2, 0.25) is 0 Å². The van der Waals surface area contributed by atoms with Crippen molar-refractivity contribution in [3.8, 4) is 0 Å². The van der Waals surface area contributed by atoms with Crippen LogP contribution in [0.1, 0.15) is 32.1 Å². The Hall–Kier alpha value is -1.44. The van der Waals surface area contributed by atoms with E-state index in [1.165, 1.54) is 0 Å². The van der Waals surface area contributed by atoms with E-state index in [0.29, 0.717) is 19.3 Å². The van der Waals surface area contributed by atoms with Gasteiger partial charge in [-0.1, -0.05) is 0 Å². The van der Waals surface area contributed by atoms with Gasteiger partial charge in [0.25, 0.3) is 0 Å². The summed E-state index contributed by atoms with van der Waals surface area (Å²) in [6.07, 6.45) is 5.55. The van der Waals surface area contributed by atoms with Crippen LogP contribution < -0.4 is 0 Å². The van der Waals surface area contributed by atoms with Gasteiger partial charge in [0, 0.05) is 39.9 Å². The summed E-state index contributed by atoms with van der Waals surface area (Å²) in [5, 5.41) is 0. The van der Waals surface area contributed by atoms with E-state index >= 15 is 0 Å². The van der Waals surface area contributed by atoms with Gasteiger partial charge in [0.15, 0.2) is 25.2 Å². The molecule has 20 heavy (non-hydrogen) atoms. The molecule has 1 fully saturated rings. The second-order valence-electron chi connectivity index (χ2n) is 3.58. The first-order chi connectivity index (χ1) is 9.69. The predicted octanol–water partition coefficient (Wildman–Crippen LogP) is 0.680. The molecule has 0 aromatic heterocycles. The summed E-state index contributed by atoms with van der Waals surface area (Å²) in [7, 11) is 3.28. The van der Waals surface area contributed by atoms with Crippen LogP contribution in [0.25, 0.3) is 0 Å². The van der Waals surface area contributed by atoms with Gasteiger partial charge >= 0.3 is 0 Å². The molecular formula is C13H22O7. The summed E-state index contributed by atoms with van der Waals surface area (Å²) < 4.78 is 15.1. The fraction of sp³-hybridized carbons (Fsp3) is 0.692. The first-order valence-corrected chi connectivity index (χ1v) is 6.17. The molecule has 0 saturated carbocycles. The van der Waals surface area contributed by atoms with Gasteiger partial charge in [-0.3, -0.25) is 9.59 Å². The highest BCUT2D eigenvalue weighted by molar-refractivity contribution is 6.09. The van der Waals surface area contributed by atoms with E-state index in [2.05, 4.69) is 0 Å². The Bertz CT molecular complexity index is 231. The van der Waals surface area contributed by atoms with Crippen LogP contribution in [-0.4, -0.2) is 51.9 Å². The van der Waals surface area contributed by atoms with E-state index in [1.807, 2.05) is 0 Å². The lowest BCUT2D eigenvalue weighted by Crippen LogP contribution is -2.13. The maximum Gasteiger partial charge on any atom is 0.182 e. The lowest BCUT2D eigenvalue weighted by molar-refractivity contribution is -0.185. The maximum atomic E-state index is 9.56. The van der Waals surface area contributed by atoms with Crippen LogP contribution in [0.15, 0.2) is 0 Å². The Morgan fingerprint density at radius 2 is 1.30 bits per heavy atom. The first-order valence-electron chi connectivity index (χ1n) is 6.17. The molecule has 1 rings (SSSR count). The fourth-order valence-corrected chi connectivity index (χ4v) is 1.21. The van der Waals surface area contributed by atoms with Crippen molar-refractivity contribution < 1.29 is 33.4 Å². The Morgan fingerprint density at radius 3 is 1.50 bits per heavy atom. The Kier molecular flexibility index (Phi) is 18.3. The van der Waals surface area contributed by atoms with Crippen LogP contribution in [0.5, 0.6) is 0 Å². The smallest absolute Gasteiger partial charge is 0.182 e. The van der Waals surface area contributed by atoms with E-state index in [0.717, 1.165) is 25.4 Å². The number of methoxy groups -OCH3 is 2. The van der Waals surface area contributed by atoms with Gasteiger partial charge in [-0.25, -0.2) is 0 Å². The first kappa shape index (κ1) is 20.9. The van der Waals surface area contributed by atoms with Crippen molar-refractivity contribution in [1.82, 2.24) is 0 Å². The largest absolute Gasteiger partial charge is 0.356 e. The number of hydrogen-bond donors (Lipinski definition) is 0. The SMILES string of the molecule is COC1CCC(OC)O1.O=CC=O.O=CCCCC=O. The zero-order valence-electron chi connectivity index (χ0n) is 11.9. The van der Waals surface area contributed by atoms with Crippen molar-refractivity contribution in [3.63, 3.8) is 0 Å². The lowest BCUT2D eigenvalue weighted by atomic mass is 10.3. The maximum absolute atomic E-state index is 9.56. The Morgan fingerprint density at radius 1 is 0.900 bits per heavy atom. The molecule has 0 N–H and O–H groups in total. The van der Waals surface area contributed by atoms with Crippen LogP contribution >= 0.6 is 0 Å². The number of ether oxygens (including phenoxy) is 3. The highest BCUT2D eigenvalue weighted by Crippen LogP contribution is 2.19. The van der Waals surface area contributed by atoms with Crippen LogP contribution in [0, 0.1) is 0 Å². The normalized spacial score (nSPS) is 19.7. The number of rotatable bonds is 7. The molecule has 0 aromatic rings. The molecule has 2 atom stereocenters. The average molecular weight is 290 g/mol. The van der Waals surface area contributed by atoms with Crippen LogP contribution in [0.4, 0.5) is 0 Å². The Labute approximate surface area is 118 Å². The van der Waals surface area contributed by atoms with E-state index in [1.54, 1.807) is 14.2 Å². The monoisotopic (exact) mass is 290 g/mol. The minimum Gasteiger partial charge on any atom is -0.356 e. The molecule has 1 aliphatic heterocycles. The zero-order chi connectivity index (χ0) is 15.6. The average Bonchev–Trinajstić information content (AvgIpc) is 2.97. The highest BCUT2D eigenvalue weighted by Gasteiger charge is 2.23. The molecule has 7 nitrogen and oxygen atoms in total. The zero-order valence-corrected chi connectivity index (χ0v) is 11.9. The molecule has 1 heterocycles. The number of carbonyl (C=O) groups is 4. The van der Waals surface area contributed by atoms with Crippen molar-refractivity contribution in [2.45, 2.75) is 44.7 Å². The predicted molar refractivity (Wildman–Crippen MR) is 70.0 cm³/mol. The molecule has 0 amide bonds. The molecule has 0 radical (unpaired) electrons. The van der Waals surface area contributed by atoms with Gasteiger partial charge < -0.3 is 23.8 Å². The molecule has 1 saturated heterocycles. The van der Waals surface area contributed by atoms with Crippen LogP contribution in [-0.2, 0) is 33.4 Å². The molecule has 1 aliphatic rings. The summed E-state index contributed by atoms with van der Waals surface area (Å²) in [6.45, 7) is 0. The fourth-order valence-electron chi connectivity index (χ4n) is 1.21. The summed E-state index contributed by atoms with van der Waals surface area (Å²) in [4.78, 5) is 36.7. The topological polar surface area (TPSA) is 96.0 Å². The summed E-state index contributed by atoms with van der Waals surface area (Å²) >= 11 is 0. The molecule has 0 bridgehead atoms. The third-order valence-corrected chi connectivity index (χ3v) is 2.17.